The molecule has 5 nitrogen and oxygen atoms in total. The molecule has 0 saturated carbocycles. The fraction of sp³-hybridized carbons (Fsp3) is 0.148. The molecule has 0 fully saturated rings. The second-order valence-electron chi connectivity index (χ2n) is 8.13. The predicted molar refractivity (Wildman–Crippen MR) is 143 cm³/mol. The van der Waals surface area contributed by atoms with E-state index in [0.29, 0.717) is 29.7 Å². The minimum atomic E-state index is -0.179. The summed E-state index contributed by atoms with van der Waals surface area (Å²) in [6.45, 7) is 4.77. The molecule has 0 bridgehead atoms. The highest BCUT2D eigenvalue weighted by atomic mass is 79.9. The summed E-state index contributed by atoms with van der Waals surface area (Å²) < 4.78 is 4.51. The second-order valence-corrected chi connectivity index (χ2v) is 9.49. The normalized spacial score (nSPS) is 11.8. The van der Waals surface area contributed by atoms with Crippen LogP contribution in [0.15, 0.2) is 81.1 Å². The Morgan fingerprint density at radius 3 is 2.59 bits per heavy atom. The van der Waals surface area contributed by atoms with E-state index in [2.05, 4.69) is 49.6 Å². The van der Waals surface area contributed by atoms with Crippen LogP contribution in [0, 0.1) is 6.92 Å². The fourth-order valence-electron chi connectivity index (χ4n) is 4.25. The minimum absolute atomic E-state index is 0.179. The van der Waals surface area contributed by atoms with Crippen LogP contribution in [-0.4, -0.2) is 20.4 Å². The quantitative estimate of drug-likeness (QED) is 0.240. The average molecular weight is 534 g/mol. The SMILES string of the molecule is CCc1nc2ccc(Br)cc2c(=O)n1N=Cc1c(C)n(Cc2ccc(Cl)cc2)c2ccccc12. The number of aromatic nitrogens is 3. The molecule has 34 heavy (non-hydrogen) atoms. The molecule has 0 N–H and O–H groups in total. The largest absolute Gasteiger partial charge is 0.340 e. The first-order valence-electron chi connectivity index (χ1n) is 11.0. The van der Waals surface area contributed by atoms with Crippen molar-refractivity contribution in [2.45, 2.75) is 26.8 Å². The van der Waals surface area contributed by atoms with Gasteiger partial charge in [0.1, 0.15) is 5.82 Å². The van der Waals surface area contributed by atoms with Crippen LogP contribution in [0.3, 0.4) is 0 Å². The summed E-state index contributed by atoms with van der Waals surface area (Å²) in [5.74, 6) is 0.624. The molecule has 0 saturated heterocycles. The molecule has 0 atom stereocenters. The molecule has 5 aromatic rings. The Bertz CT molecular complexity index is 1620. The Labute approximate surface area is 210 Å². The zero-order chi connectivity index (χ0) is 23.8. The molecule has 7 heteroatoms. The van der Waals surface area contributed by atoms with Crippen LogP contribution in [-0.2, 0) is 13.0 Å². The van der Waals surface area contributed by atoms with E-state index in [1.54, 1.807) is 12.3 Å². The van der Waals surface area contributed by atoms with Crippen molar-refractivity contribution in [3.05, 3.63) is 109 Å². The summed E-state index contributed by atoms with van der Waals surface area (Å²) in [5.41, 5.74) is 4.81. The van der Waals surface area contributed by atoms with Gasteiger partial charge in [0.05, 0.1) is 17.1 Å². The molecular weight excluding hydrogens is 512 g/mol. The van der Waals surface area contributed by atoms with Crippen molar-refractivity contribution in [1.29, 1.82) is 0 Å². The van der Waals surface area contributed by atoms with Crippen LogP contribution in [0.2, 0.25) is 5.02 Å². The van der Waals surface area contributed by atoms with Gasteiger partial charge in [-0.15, -0.1) is 0 Å². The Morgan fingerprint density at radius 2 is 1.82 bits per heavy atom. The lowest BCUT2D eigenvalue weighted by Crippen LogP contribution is -2.22. The molecule has 0 amide bonds. The van der Waals surface area contributed by atoms with Crippen molar-refractivity contribution < 1.29 is 0 Å². The van der Waals surface area contributed by atoms with Crippen LogP contribution >= 0.6 is 27.5 Å². The van der Waals surface area contributed by atoms with Crippen molar-refractivity contribution >= 4 is 55.6 Å². The molecule has 170 valence electrons. The molecule has 0 unspecified atom stereocenters. The Morgan fingerprint density at radius 1 is 1.06 bits per heavy atom. The second kappa shape index (κ2) is 9.20. The monoisotopic (exact) mass is 532 g/mol. The third-order valence-electron chi connectivity index (χ3n) is 6.03. The fourth-order valence-corrected chi connectivity index (χ4v) is 4.74. The molecule has 0 aliphatic rings. The Hall–Kier alpha value is -3.22. The summed E-state index contributed by atoms with van der Waals surface area (Å²) in [7, 11) is 0. The highest BCUT2D eigenvalue weighted by molar-refractivity contribution is 9.10. The van der Waals surface area contributed by atoms with E-state index in [-0.39, 0.29) is 5.56 Å². The van der Waals surface area contributed by atoms with Gasteiger partial charge >= 0.3 is 0 Å². The summed E-state index contributed by atoms with van der Waals surface area (Å²) in [5, 5.41) is 6.98. The standard InChI is InChI=1S/C27H22BrClN4O/c1-3-26-31-24-13-10-19(28)14-22(24)27(34)33(26)30-15-23-17(2)32(25-7-5-4-6-21(23)25)16-18-8-11-20(29)12-9-18/h4-15H,3,16H2,1-2H3. The lowest BCUT2D eigenvalue weighted by molar-refractivity contribution is 0.734. The lowest BCUT2D eigenvalue weighted by Gasteiger charge is -2.09. The third-order valence-corrected chi connectivity index (χ3v) is 6.77. The molecule has 2 aromatic heterocycles. The maximum absolute atomic E-state index is 13.3. The van der Waals surface area contributed by atoms with Gasteiger partial charge < -0.3 is 4.57 Å². The zero-order valence-electron chi connectivity index (χ0n) is 18.8. The minimum Gasteiger partial charge on any atom is -0.340 e. The van der Waals surface area contributed by atoms with E-state index in [0.717, 1.165) is 37.2 Å². The molecule has 0 aliphatic heterocycles. The number of aryl methyl sites for hydroxylation is 1. The third kappa shape index (κ3) is 4.08. The number of hydrogen-bond acceptors (Lipinski definition) is 3. The first-order valence-corrected chi connectivity index (χ1v) is 12.2. The molecule has 2 heterocycles. The average Bonchev–Trinajstić information content (AvgIpc) is 3.11. The summed E-state index contributed by atoms with van der Waals surface area (Å²) in [6, 6.07) is 21.7. The maximum atomic E-state index is 13.3. The summed E-state index contributed by atoms with van der Waals surface area (Å²) in [6.07, 6.45) is 2.37. The van der Waals surface area contributed by atoms with Crippen LogP contribution in [0.5, 0.6) is 0 Å². The van der Waals surface area contributed by atoms with Gasteiger partial charge in [-0.3, -0.25) is 4.79 Å². The first-order chi connectivity index (χ1) is 16.5. The van der Waals surface area contributed by atoms with Gasteiger partial charge in [0, 0.05) is 44.6 Å². The van der Waals surface area contributed by atoms with Crippen LogP contribution in [0.1, 0.15) is 29.6 Å². The van der Waals surface area contributed by atoms with Crippen LogP contribution in [0.4, 0.5) is 0 Å². The summed E-state index contributed by atoms with van der Waals surface area (Å²) in [4.78, 5) is 17.9. The van der Waals surface area contributed by atoms with Gasteiger partial charge in [-0.1, -0.05) is 64.8 Å². The molecular formula is C27H22BrClN4O. The maximum Gasteiger partial charge on any atom is 0.282 e. The number of rotatable bonds is 5. The molecule has 0 spiro atoms. The number of hydrogen-bond donors (Lipinski definition) is 0. The van der Waals surface area contributed by atoms with E-state index in [9.17, 15) is 4.79 Å². The predicted octanol–water partition coefficient (Wildman–Crippen LogP) is 6.57. The molecule has 3 aromatic carbocycles. The number of halogens is 2. The van der Waals surface area contributed by atoms with Gasteiger partial charge in [-0.25, -0.2) is 4.98 Å². The van der Waals surface area contributed by atoms with E-state index in [4.69, 9.17) is 11.6 Å². The van der Waals surface area contributed by atoms with Gasteiger partial charge in [-0.05, 0) is 48.9 Å². The number of nitrogens with zero attached hydrogens (tertiary/aromatic N) is 4. The smallest absolute Gasteiger partial charge is 0.282 e. The van der Waals surface area contributed by atoms with Crippen molar-refractivity contribution in [3.63, 3.8) is 0 Å². The van der Waals surface area contributed by atoms with Gasteiger partial charge in [0.15, 0.2) is 0 Å². The highest BCUT2D eigenvalue weighted by Crippen LogP contribution is 2.26. The van der Waals surface area contributed by atoms with Crippen molar-refractivity contribution in [1.82, 2.24) is 14.2 Å². The lowest BCUT2D eigenvalue weighted by atomic mass is 10.1. The number of para-hydroxylation sites is 1. The van der Waals surface area contributed by atoms with E-state index in [1.165, 1.54) is 4.68 Å². The van der Waals surface area contributed by atoms with Gasteiger partial charge in [0.25, 0.3) is 5.56 Å². The van der Waals surface area contributed by atoms with Gasteiger partial charge in [-0.2, -0.15) is 9.78 Å². The molecule has 0 aliphatic carbocycles. The van der Waals surface area contributed by atoms with Crippen molar-refractivity contribution in [3.8, 4) is 0 Å². The number of benzene rings is 3. The Kier molecular flexibility index (Phi) is 6.11. The topological polar surface area (TPSA) is 52.2 Å². The first kappa shape index (κ1) is 22.6. The Balaban J connectivity index is 1.64. The van der Waals surface area contributed by atoms with E-state index < -0.39 is 0 Å². The number of fused-ring (bicyclic) bond motifs is 2. The van der Waals surface area contributed by atoms with E-state index >= 15 is 0 Å². The zero-order valence-corrected chi connectivity index (χ0v) is 21.1. The van der Waals surface area contributed by atoms with Crippen molar-refractivity contribution in [2.75, 3.05) is 0 Å². The van der Waals surface area contributed by atoms with Crippen LogP contribution in [0.25, 0.3) is 21.8 Å². The molecule has 0 radical (unpaired) electrons. The summed E-state index contributed by atoms with van der Waals surface area (Å²) >= 11 is 9.52. The van der Waals surface area contributed by atoms with E-state index in [1.807, 2.05) is 55.5 Å². The van der Waals surface area contributed by atoms with Crippen LogP contribution < -0.4 is 5.56 Å². The highest BCUT2D eigenvalue weighted by Gasteiger charge is 2.14. The molecule has 5 rings (SSSR count). The van der Waals surface area contributed by atoms with Gasteiger partial charge in [0.2, 0.25) is 0 Å². The van der Waals surface area contributed by atoms with Crippen molar-refractivity contribution in [2.24, 2.45) is 5.10 Å².